The molecule has 2 aromatic rings. The molecule has 0 unspecified atom stereocenters. The van der Waals surface area contributed by atoms with Crippen LogP contribution in [0.25, 0.3) is 10.1 Å². The Morgan fingerprint density at radius 2 is 2.08 bits per heavy atom. The normalized spacial score (nSPS) is 11.1. The first-order chi connectivity index (χ1) is 6.11. The summed E-state index contributed by atoms with van der Waals surface area (Å²) >= 11 is 15.3. The van der Waals surface area contributed by atoms with Crippen LogP contribution in [0.3, 0.4) is 0 Å². The number of hydrogen-bond donors (Lipinski definition) is 0. The summed E-state index contributed by atoms with van der Waals surface area (Å²) in [6.07, 6.45) is 0. The van der Waals surface area contributed by atoms with Gasteiger partial charge in [0.2, 0.25) is 0 Å². The Bertz CT molecular complexity index is 480. The first-order valence-corrected chi connectivity index (χ1v) is 6.03. The maximum atomic E-state index is 13.2. The standard InChI is InChI=1S/C8H2Cl2FIS/c9-3-1-4(11)7(10)6-5(12)2-13-8(3)6/h1-2H. The van der Waals surface area contributed by atoms with Crippen molar-refractivity contribution in [3.05, 3.63) is 30.9 Å². The summed E-state index contributed by atoms with van der Waals surface area (Å²) in [5, 5.41) is 3.20. The van der Waals surface area contributed by atoms with Gasteiger partial charge in [-0.1, -0.05) is 23.2 Å². The lowest BCUT2D eigenvalue weighted by Crippen LogP contribution is -1.79. The number of halogens is 4. The van der Waals surface area contributed by atoms with Crippen molar-refractivity contribution < 1.29 is 4.39 Å². The minimum atomic E-state index is -0.463. The van der Waals surface area contributed by atoms with E-state index in [4.69, 9.17) is 23.2 Å². The van der Waals surface area contributed by atoms with Gasteiger partial charge in [0.15, 0.2) is 0 Å². The highest BCUT2D eigenvalue weighted by molar-refractivity contribution is 14.1. The predicted molar refractivity (Wildman–Crippen MR) is 64.5 cm³/mol. The molecule has 1 aromatic heterocycles. The third-order valence-corrected chi connectivity index (χ3v) is 4.71. The lowest BCUT2D eigenvalue weighted by Gasteiger charge is -1.99. The number of rotatable bonds is 0. The molecule has 0 aliphatic carbocycles. The van der Waals surface area contributed by atoms with Gasteiger partial charge in [0, 0.05) is 14.3 Å². The molecule has 0 amide bonds. The molecular formula is C8H2Cl2FIS. The molecule has 0 atom stereocenters. The maximum Gasteiger partial charge on any atom is 0.144 e. The molecule has 0 aliphatic heterocycles. The molecule has 0 saturated carbocycles. The van der Waals surface area contributed by atoms with Crippen molar-refractivity contribution in [3.63, 3.8) is 0 Å². The molecule has 13 heavy (non-hydrogen) atoms. The molecule has 0 spiro atoms. The molecule has 0 N–H and O–H groups in total. The first kappa shape index (κ1) is 9.96. The van der Waals surface area contributed by atoms with E-state index in [9.17, 15) is 4.39 Å². The zero-order valence-electron chi connectivity index (χ0n) is 6.07. The monoisotopic (exact) mass is 346 g/mol. The van der Waals surface area contributed by atoms with Gasteiger partial charge in [0.25, 0.3) is 0 Å². The average Bonchev–Trinajstić information content (AvgIpc) is 2.44. The Labute approximate surface area is 102 Å². The molecule has 0 saturated heterocycles. The van der Waals surface area contributed by atoms with Crippen molar-refractivity contribution in [2.75, 3.05) is 0 Å². The number of thiophene rings is 1. The second-order valence-corrected chi connectivity index (χ2v) is 5.27. The van der Waals surface area contributed by atoms with Gasteiger partial charge < -0.3 is 0 Å². The summed E-state index contributed by atoms with van der Waals surface area (Å²) in [4.78, 5) is 0. The van der Waals surface area contributed by atoms with E-state index in [2.05, 4.69) is 22.6 Å². The van der Waals surface area contributed by atoms with Crippen molar-refractivity contribution in [1.82, 2.24) is 0 Å². The van der Waals surface area contributed by atoms with Gasteiger partial charge in [-0.05, 0) is 28.7 Å². The van der Waals surface area contributed by atoms with E-state index in [1.165, 1.54) is 17.4 Å². The quantitative estimate of drug-likeness (QED) is 0.467. The summed E-state index contributed by atoms with van der Waals surface area (Å²) in [5.41, 5.74) is 0. The van der Waals surface area contributed by atoms with E-state index < -0.39 is 5.82 Å². The van der Waals surface area contributed by atoms with Crippen LogP contribution in [0.2, 0.25) is 10.0 Å². The SMILES string of the molecule is Fc1cc(Cl)c2scc(I)c2c1Cl. The van der Waals surface area contributed by atoms with E-state index in [0.29, 0.717) is 5.02 Å². The van der Waals surface area contributed by atoms with E-state index in [1.54, 1.807) is 0 Å². The van der Waals surface area contributed by atoms with Crippen LogP contribution in [0.1, 0.15) is 0 Å². The van der Waals surface area contributed by atoms with E-state index >= 15 is 0 Å². The molecule has 0 bridgehead atoms. The lowest BCUT2D eigenvalue weighted by atomic mass is 10.2. The van der Waals surface area contributed by atoms with Gasteiger partial charge in [-0.25, -0.2) is 4.39 Å². The fourth-order valence-corrected chi connectivity index (χ4v) is 3.81. The van der Waals surface area contributed by atoms with Crippen LogP contribution in [-0.4, -0.2) is 0 Å². The van der Waals surface area contributed by atoms with Crippen molar-refractivity contribution >= 4 is 67.2 Å². The largest absolute Gasteiger partial charge is 0.205 e. The third kappa shape index (κ3) is 1.56. The number of fused-ring (bicyclic) bond motifs is 1. The zero-order valence-corrected chi connectivity index (χ0v) is 10.6. The molecule has 5 heteroatoms. The Balaban J connectivity index is 3.00. The van der Waals surface area contributed by atoms with Crippen molar-refractivity contribution in [1.29, 1.82) is 0 Å². The van der Waals surface area contributed by atoms with Crippen LogP contribution in [0.4, 0.5) is 4.39 Å². The zero-order chi connectivity index (χ0) is 9.59. The smallest absolute Gasteiger partial charge is 0.144 e. The molecule has 0 nitrogen and oxygen atoms in total. The molecule has 1 heterocycles. The van der Waals surface area contributed by atoms with Gasteiger partial charge in [-0.15, -0.1) is 11.3 Å². The number of benzene rings is 1. The van der Waals surface area contributed by atoms with Crippen LogP contribution < -0.4 is 0 Å². The highest BCUT2D eigenvalue weighted by Gasteiger charge is 2.13. The molecule has 0 radical (unpaired) electrons. The van der Waals surface area contributed by atoms with Gasteiger partial charge in [0.05, 0.1) is 14.7 Å². The highest BCUT2D eigenvalue weighted by atomic mass is 127. The molecule has 1 aromatic carbocycles. The summed E-state index contributed by atoms with van der Waals surface area (Å²) in [6, 6.07) is 1.25. The number of hydrogen-bond acceptors (Lipinski definition) is 1. The topological polar surface area (TPSA) is 0 Å². The molecule has 68 valence electrons. The minimum absolute atomic E-state index is 0.157. The second-order valence-electron chi connectivity index (χ2n) is 2.44. The van der Waals surface area contributed by atoms with Crippen molar-refractivity contribution in [3.8, 4) is 0 Å². The summed E-state index contributed by atoms with van der Waals surface area (Å²) in [7, 11) is 0. The van der Waals surface area contributed by atoms with Crippen molar-refractivity contribution in [2.45, 2.75) is 0 Å². The Kier molecular flexibility index (Phi) is 2.70. The molecule has 2 rings (SSSR count). The predicted octanol–water partition coefficient (Wildman–Crippen LogP) is 4.95. The maximum absolute atomic E-state index is 13.2. The fraction of sp³-hybridized carbons (Fsp3) is 0. The first-order valence-electron chi connectivity index (χ1n) is 3.31. The van der Waals surface area contributed by atoms with Crippen molar-refractivity contribution in [2.24, 2.45) is 0 Å². The Morgan fingerprint density at radius 1 is 1.38 bits per heavy atom. The average molecular weight is 347 g/mol. The highest BCUT2D eigenvalue weighted by Crippen LogP contribution is 2.39. The van der Waals surface area contributed by atoms with E-state index in [-0.39, 0.29) is 5.02 Å². The van der Waals surface area contributed by atoms with Gasteiger partial charge in [-0.3, -0.25) is 0 Å². The minimum Gasteiger partial charge on any atom is -0.205 e. The van der Waals surface area contributed by atoms with Gasteiger partial charge in [0.1, 0.15) is 5.82 Å². The van der Waals surface area contributed by atoms with E-state index in [0.717, 1.165) is 13.7 Å². The molecular weight excluding hydrogens is 345 g/mol. The summed E-state index contributed by atoms with van der Waals surface area (Å²) < 4.78 is 14.9. The van der Waals surface area contributed by atoms with Crippen LogP contribution in [0.5, 0.6) is 0 Å². The lowest BCUT2D eigenvalue weighted by molar-refractivity contribution is 0.630. The Hall–Kier alpha value is 0.420. The van der Waals surface area contributed by atoms with Crippen LogP contribution in [0, 0.1) is 9.39 Å². The van der Waals surface area contributed by atoms with Gasteiger partial charge in [-0.2, -0.15) is 0 Å². The van der Waals surface area contributed by atoms with Crippen LogP contribution in [0.15, 0.2) is 11.4 Å². The molecule has 0 fully saturated rings. The van der Waals surface area contributed by atoms with Crippen LogP contribution in [-0.2, 0) is 0 Å². The van der Waals surface area contributed by atoms with Crippen LogP contribution >= 0.6 is 57.1 Å². The summed E-state index contributed by atoms with van der Waals surface area (Å²) in [6.45, 7) is 0. The third-order valence-electron chi connectivity index (χ3n) is 1.65. The summed E-state index contributed by atoms with van der Waals surface area (Å²) in [5.74, 6) is -0.463. The molecule has 0 aliphatic rings. The van der Waals surface area contributed by atoms with E-state index in [1.807, 2.05) is 5.38 Å². The van der Waals surface area contributed by atoms with Gasteiger partial charge >= 0.3 is 0 Å². The fourth-order valence-electron chi connectivity index (χ4n) is 1.08. The Morgan fingerprint density at radius 3 is 2.77 bits per heavy atom. The second kappa shape index (κ2) is 3.53.